The third kappa shape index (κ3) is 1.81. The largest absolute Gasteiger partial charge is 0.234 e. The van der Waals surface area contributed by atoms with E-state index in [2.05, 4.69) is 5.10 Å². The summed E-state index contributed by atoms with van der Waals surface area (Å²) in [7, 11) is 0. The van der Waals surface area contributed by atoms with Crippen LogP contribution in [-0.2, 0) is 0 Å². The molecule has 0 bridgehead atoms. The van der Waals surface area contributed by atoms with Crippen molar-refractivity contribution in [2.45, 2.75) is 20.8 Å². The molecule has 2 nitrogen and oxygen atoms in total. The zero-order chi connectivity index (χ0) is 12.7. The Kier molecular flexibility index (Phi) is 2.69. The van der Waals surface area contributed by atoms with Gasteiger partial charge in [-0.25, -0.2) is 17.9 Å². The molecule has 0 fully saturated rings. The fourth-order valence-electron chi connectivity index (χ4n) is 1.63. The highest BCUT2D eigenvalue weighted by Crippen LogP contribution is 2.21. The van der Waals surface area contributed by atoms with Crippen molar-refractivity contribution in [1.29, 1.82) is 0 Å². The van der Waals surface area contributed by atoms with Gasteiger partial charge < -0.3 is 0 Å². The molecule has 0 aliphatic heterocycles. The van der Waals surface area contributed by atoms with Gasteiger partial charge >= 0.3 is 0 Å². The first-order valence-corrected chi connectivity index (χ1v) is 5.09. The maximum atomic E-state index is 13.6. The quantitative estimate of drug-likeness (QED) is 0.700. The van der Waals surface area contributed by atoms with Crippen molar-refractivity contribution < 1.29 is 13.2 Å². The first-order chi connectivity index (χ1) is 7.91. The second kappa shape index (κ2) is 3.91. The van der Waals surface area contributed by atoms with Crippen molar-refractivity contribution in [2.24, 2.45) is 0 Å². The number of benzene rings is 1. The number of hydrogen-bond donors (Lipinski definition) is 0. The van der Waals surface area contributed by atoms with E-state index < -0.39 is 17.5 Å². The Morgan fingerprint density at radius 1 is 0.941 bits per heavy atom. The van der Waals surface area contributed by atoms with E-state index in [1.807, 2.05) is 6.92 Å². The number of nitrogens with zero attached hydrogens (tertiary/aromatic N) is 2. The fourth-order valence-corrected chi connectivity index (χ4v) is 1.63. The van der Waals surface area contributed by atoms with E-state index in [4.69, 9.17) is 0 Å². The Morgan fingerprint density at radius 3 is 2.06 bits per heavy atom. The summed E-state index contributed by atoms with van der Waals surface area (Å²) in [6, 6.07) is 1.33. The van der Waals surface area contributed by atoms with E-state index in [1.165, 1.54) is 4.68 Å². The van der Waals surface area contributed by atoms with E-state index in [9.17, 15) is 13.2 Å². The van der Waals surface area contributed by atoms with Gasteiger partial charge in [0.25, 0.3) is 0 Å². The first kappa shape index (κ1) is 11.7. The van der Waals surface area contributed by atoms with Crippen LogP contribution in [0.25, 0.3) is 5.69 Å². The van der Waals surface area contributed by atoms with Crippen LogP contribution in [0, 0.1) is 38.2 Å². The van der Waals surface area contributed by atoms with Crippen LogP contribution in [0.4, 0.5) is 13.2 Å². The standard InChI is InChI=1S/C12H11F3N2/c1-6-7(2)16-17(8(6)3)12-5-10(14)9(13)4-11(12)15/h4-5H,1-3H3. The predicted octanol–water partition coefficient (Wildman–Crippen LogP) is 3.21. The average molecular weight is 240 g/mol. The zero-order valence-corrected chi connectivity index (χ0v) is 9.68. The molecule has 0 unspecified atom stereocenters. The molecule has 2 rings (SSSR count). The summed E-state index contributed by atoms with van der Waals surface area (Å²) in [6.45, 7) is 5.36. The summed E-state index contributed by atoms with van der Waals surface area (Å²) in [5.74, 6) is -3.13. The summed E-state index contributed by atoms with van der Waals surface area (Å²) < 4.78 is 40.8. The summed E-state index contributed by atoms with van der Waals surface area (Å²) in [5.41, 5.74) is 2.24. The lowest BCUT2D eigenvalue weighted by molar-refractivity contribution is 0.491. The van der Waals surface area contributed by atoms with Crippen molar-refractivity contribution in [3.05, 3.63) is 46.5 Å². The Hall–Kier alpha value is -1.78. The van der Waals surface area contributed by atoms with Crippen LogP contribution in [0.2, 0.25) is 0 Å². The number of rotatable bonds is 1. The predicted molar refractivity (Wildman–Crippen MR) is 57.6 cm³/mol. The molecule has 0 spiro atoms. The van der Waals surface area contributed by atoms with Crippen LogP contribution in [0.15, 0.2) is 12.1 Å². The van der Waals surface area contributed by atoms with E-state index in [0.29, 0.717) is 11.8 Å². The van der Waals surface area contributed by atoms with Crippen molar-refractivity contribution in [1.82, 2.24) is 9.78 Å². The molecule has 0 amide bonds. The molecule has 17 heavy (non-hydrogen) atoms. The maximum Gasteiger partial charge on any atom is 0.161 e. The van der Waals surface area contributed by atoms with Gasteiger partial charge in [-0.15, -0.1) is 0 Å². The minimum absolute atomic E-state index is 0.0856. The van der Waals surface area contributed by atoms with Crippen LogP contribution in [0.5, 0.6) is 0 Å². The second-order valence-corrected chi connectivity index (χ2v) is 3.93. The molecule has 0 saturated carbocycles. The highest BCUT2D eigenvalue weighted by molar-refractivity contribution is 5.38. The van der Waals surface area contributed by atoms with Gasteiger partial charge in [-0.3, -0.25) is 0 Å². The van der Waals surface area contributed by atoms with Gasteiger partial charge in [-0.2, -0.15) is 5.10 Å². The van der Waals surface area contributed by atoms with Gasteiger partial charge in [-0.05, 0) is 26.3 Å². The van der Waals surface area contributed by atoms with Crippen LogP contribution >= 0.6 is 0 Å². The third-order valence-corrected chi connectivity index (χ3v) is 2.87. The monoisotopic (exact) mass is 240 g/mol. The summed E-state index contributed by atoms with van der Waals surface area (Å²) in [6.07, 6.45) is 0. The molecule has 0 saturated heterocycles. The molecule has 0 atom stereocenters. The number of aromatic nitrogens is 2. The van der Waals surface area contributed by atoms with Crippen molar-refractivity contribution in [3.8, 4) is 5.69 Å². The Balaban J connectivity index is 2.68. The van der Waals surface area contributed by atoms with Gasteiger partial charge in [0.15, 0.2) is 17.5 Å². The smallest absolute Gasteiger partial charge is 0.161 e. The summed E-state index contributed by atoms with van der Waals surface area (Å²) >= 11 is 0. The van der Waals surface area contributed by atoms with E-state index in [1.54, 1.807) is 13.8 Å². The van der Waals surface area contributed by atoms with Crippen LogP contribution in [0.3, 0.4) is 0 Å². The maximum absolute atomic E-state index is 13.6. The molecule has 5 heteroatoms. The van der Waals surface area contributed by atoms with Crippen LogP contribution in [0.1, 0.15) is 17.0 Å². The van der Waals surface area contributed by atoms with E-state index in [-0.39, 0.29) is 5.69 Å². The van der Waals surface area contributed by atoms with Gasteiger partial charge in [0.05, 0.1) is 5.69 Å². The SMILES string of the molecule is Cc1nn(-c2cc(F)c(F)cc2F)c(C)c1C. The molecule has 2 aromatic rings. The molecule has 1 heterocycles. The molecule has 0 N–H and O–H groups in total. The lowest BCUT2D eigenvalue weighted by Gasteiger charge is -2.06. The minimum Gasteiger partial charge on any atom is -0.234 e. The fraction of sp³-hybridized carbons (Fsp3) is 0.250. The normalized spacial score (nSPS) is 10.9. The van der Waals surface area contributed by atoms with Gasteiger partial charge in [0.1, 0.15) is 5.69 Å². The highest BCUT2D eigenvalue weighted by atomic mass is 19.2. The number of aryl methyl sites for hydroxylation is 1. The average Bonchev–Trinajstić information content (AvgIpc) is 2.51. The molecular formula is C12H11F3N2. The number of hydrogen-bond acceptors (Lipinski definition) is 1. The molecule has 0 aliphatic carbocycles. The summed E-state index contributed by atoms with van der Waals surface area (Å²) in [5, 5.41) is 4.10. The molecule has 1 aromatic carbocycles. The molecule has 90 valence electrons. The molecular weight excluding hydrogens is 229 g/mol. The zero-order valence-electron chi connectivity index (χ0n) is 9.68. The lowest BCUT2D eigenvalue weighted by atomic mass is 10.2. The van der Waals surface area contributed by atoms with Crippen molar-refractivity contribution in [3.63, 3.8) is 0 Å². The Labute approximate surface area is 96.7 Å². The second-order valence-electron chi connectivity index (χ2n) is 3.93. The third-order valence-electron chi connectivity index (χ3n) is 2.87. The van der Waals surface area contributed by atoms with Gasteiger partial charge in [0, 0.05) is 17.8 Å². The van der Waals surface area contributed by atoms with Crippen LogP contribution < -0.4 is 0 Å². The first-order valence-electron chi connectivity index (χ1n) is 5.09. The van der Waals surface area contributed by atoms with E-state index in [0.717, 1.165) is 17.3 Å². The van der Waals surface area contributed by atoms with Gasteiger partial charge in [-0.1, -0.05) is 0 Å². The van der Waals surface area contributed by atoms with Crippen LogP contribution in [-0.4, -0.2) is 9.78 Å². The highest BCUT2D eigenvalue weighted by Gasteiger charge is 2.15. The van der Waals surface area contributed by atoms with Crippen molar-refractivity contribution in [2.75, 3.05) is 0 Å². The summed E-state index contributed by atoms with van der Waals surface area (Å²) in [4.78, 5) is 0. The molecule has 0 radical (unpaired) electrons. The van der Waals surface area contributed by atoms with Crippen molar-refractivity contribution >= 4 is 0 Å². The van der Waals surface area contributed by atoms with E-state index >= 15 is 0 Å². The minimum atomic E-state index is -1.20. The molecule has 0 aliphatic rings. The van der Waals surface area contributed by atoms with Gasteiger partial charge in [0.2, 0.25) is 0 Å². The Morgan fingerprint density at radius 2 is 1.53 bits per heavy atom. The Bertz CT molecular complexity index is 588. The number of halogens is 3. The molecule has 1 aromatic heterocycles. The lowest BCUT2D eigenvalue weighted by Crippen LogP contribution is -2.04. The topological polar surface area (TPSA) is 17.8 Å².